The Balaban J connectivity index is 3.12. The predicted octanol–water partition coefficient (Wildman–Crippen LogP) is 2.60. The van der Waals surface area contributed by atoms with E-state index in [0.717, 1.165) is 18.7 Å². The van der Waals surface area contributed by atoms with Crippen LogP contribution in [0.25, 0.3) is 0 Å². The van der Waals surface area contributed by atoms with Gasteiger partial charge in [0.05, 0.1) is 0 Å². The minimum Gasteiger partial charge on any atom is -0.346 e. The van der Waals surface area contributed by atoms with Gasteiger partial charge in [-0.2, -0.15) is 4.31 Å². The second kappa shape index (κ2) is 7.42. The van der Waals surface area contributed by atoms with Crippen LogP contribution in [0.2, 0.25) is 0 Å². The van der Waals surface area contributed by atoms with Crippen molar-refractivity contribution >= 4 is 10.0 Å². The van der Waals surface area contributed by atoms with Crippen LogP contribution in [0.5, 0.6) is 0 Å². The Morgan fingerprint density at radius 2 is 1.90 bits per heavy atom. The van der Waals surface area contributed by atoms with Crippen molar-refractivity contribution in [2.45, 2.75) is 64.6 Å². The minimum absolute atomic E-state index is 0.0564. The van der Waals surface area contributed by atoms with Crippen LogP contribution in [-0.2, 0) is 16.6 Å². The molecule has 1 rings (SSSR count). The fraction of sp³-hybridized carbons (Fsp3) is 0.733. The molecule has 0 aliphatic rings. The Morgan fingerprint density at radius 1 is 1.29 bits per heavy atom. The van der Waals surface area contributed by atoms with Gasteiger partial charge in [-0.05, 0) is 46.7 Å². The van der Waals surface area contributed by atoms with Crippen molar-refractivity contribution in [1.82, 2.24) is 14.2 Å². The van der Waals surface area contributed by atoms with Crippen molar-refractivity contribution in [3.8, 4) is 0 Å². The molecule has 1 N–H and O–H groups in total. The highest BCUT2D eigenvalue weighted by Gasteiger charge is 2.25. The first-order valence-electron chi connectivity index (χ1n) is 7.61. The van der Waals surface area contributed by atoms with Crippen LogP contribution in [0.1, 0.15) is 52.8 Å². The lowest BCUT2D eigenvalue weighted by molar-refractivity contribution is 0.410. The zero-order chi connectivity index (χ0) is 16.2. The van der Waals surface area contributed by atoms with Crippen molar-refractivity contribution in [2.75, 3.05) is 13.6 Å². The predicted molar refractivity (Wildman–Crippen MR) is 86.9 cm³/mol. The standard InChI is InChI=1S/C15H29N3O2S/c1-7-8-16-10-14-9-15(11-18(14)13(4)5)21(19,20)17(6)12(2)3/h9,11-13,16H,7-8,10H2,1-6H3. The number of nitrogens with zero attached hydrogens (tertiary/aromatic N) is 2. The van der Waals surface area contributed by atoms with Gasteiger partial charge < -0.3 is 9.88 Å². The molecule has 0 unspecified atom stereocenters. The molecule has 0 spiro atoms. The lowest BCUT2D eigenvalue weighted by Gasteiger charge is -2.20. The molecule has 0 bridgehead atoms. The van der Waals surface area contributed by atoms with E-state index in [1.165, 1.54) is 4.31 Å². The summed E-state index contributed by atoms with van der Waals surface area (Å²) < 4.78 is 28.6. The van der Waals surface area contributed by atoms with Crippen molar-refractivity contribution in [2.24, 2.45) is 0 Å². The SMILES string of the molecule is CCCNCc1cc(S(=O)(=O)N(C)C(C)C)cn1C(C)C. The first kappa shape index (κ1) is 18.2. The zero-order valence-electron chi connectivity index (χ0n) is 14.0. The van der Waals surface area contributed by atoms with E-state index in [1.807, 2.05) is 18.4 Å². The molecule has 0 fully saturated rings. The van der Waals surface area contributed by atoms with E-state index < -0.39 is 10.0 Å². The van der Waals surface area contributed by atoms with E-state index in [-0.39, 0.29) is 12.1 Å². The average Bonchev–Trinajstić information content (AvgIpc) is 2.83. The van der Waals surface area contributed by atoms with Crippen molar-refractivity contribution in [3.05, 3.63) is 18.0 Å². The van der Waals surface area contributed by atoms with E-state index in [1.54, 1.807) is 19.3 Å². The fourth-order valence-electron chi connectivity index (χ4n) is 2.10. The van der Waals surface area contributed by atoms with Crippen LogP contribution in [0.3, 0.4) is 0 Å². The van der Waals surface area contributed by atoms with Gasteiger partial charge in [0.1, 0.15) is 4.90 Å². The van der Waals surface area contributed by atoms with E-state index in [0.29, 0.717) is 11.4 Å². The maximum atomic E-state index is 12.6. The molecule has 122 valence electrons. The molecule has 0 saturated heterocycles. The van der Waals surface area contributed by atoms with Gasteiger partial charge in [0.25, 0.3) is 0 Å². The first-order valence-corrected chi connectivity index (χ1v) is 9.05. The molecular weight excluding hydrogens is 286 g/mol. The Hall–Kier alpha value is -0.850. The van der Waals surface area contributed by atoms with Gasteiger partial charge in [0, 0.05) is 37.6 Å². The van der Waals surface area contributed by atoms with Gasteiger partial charge in [-0.15, -0.1) is 0 Å². The van der Waals surface area contributed by atoms with Crippen molar-refractivity contribution in [3.63, 3.8) is 0 Å². The van der Waals surface area contributed by atoms with Gasteiger partial charge in [0.15, 0.2) is 0 Å². The maximum Gasteiger partial charge on any atom is 0.244 e. The topological polar surface area (TPSA) is 54.3 Å². The Kier molecular flexibility index (Phi) is 6.43. The molecule has 1 aromatic heterocycles. The van der Waals surface area contributed by atoms with Crippen LogP contribution in [-0.4, -0.2) is 36.9 Å². The molecule has 5 nitrogen and oxygen atoms in total. The van der Waals surface area contributed by atoms with Crippen LogP contribution in [0.4, 0.5) is 0 Å². The third-order valence-electron chi connectivity index (χ3n) is 3.60. The highest BCUT2D eigenvalue weighted by Crippen LogP contribution is 2.22. The summed E-state index contributed by atoms with van der Waals surface area (Å²) in [6.45, 7) is 11.6. The number of sulfonamides is 1. The lowest BCUT2D eigenvalue weighted by Crippen LogP contribution is -2.32. The minimum atomic E-state index is -3.42. The van der Waals surface area contributed by atoms with E-state index in [4.69, 9.17) is 0 Å². The summed E-state index contributed by atoms with van der Waals surface area (Å²) in [6, 6.07) is 1.97. The molecule has 1 heterocycles. The van der Waals surface area contributed by atoms with Crippen LogP contribution in [0.15, 0.2) is 17.2 Å². The normalized spacial score (nSPS) is 12.8. The van der Waals surface area contributed by atoms with Crippen LogP contribution >= 0.6 is 0 Å². The second-order valence-electron chi connectivity index (χ2n) is 5.96. The zero-order valence-corrected chi connectivity index (χ0v) is 14.9. The van der Waals surface area contributed by atoms with E-state index in [2.05, 4.69) is 26.1 Å². The summed E-state index contributed by atoms with van der Waals surface area (Å²) in [4.78, 5) is 0.376. The third-order valence-corrected chi connectivity index (χ3v) is 5.60. The number of aromatic nitrogens is 1. The molecule has 0 radical (unpaired) electrons. The summed E-state index contributed by atoms with van der Waals surface area (Å²) in [5, 5.41) is 3.33. The molecule has 0 saturated carbocycles. The van der Waals surface area contributed by atoms with Crippen LogP contribution < -0.4 is 5.32 Å². The monoisotopic (exact) mass is 315 g/mol. The maximum absolute atomic E-state index is 12.6. The fourth-order valence-corrected chi connectivity index (χ4v) is 3.52. The Bertz CT molecular complexity index is 547. The van der Waals surface area contributed by atoms with Gasteiger partial charge >= 0.3 is 0 Å². The average molecular weight is 315 g/mol. The molecule has 0 aliphatic carbocycles. The molecule has 21 heavy (non-hydrogen) atoms. The molecule has 0 amide bonds. The largest absolute Gasteiger partial charge is 0.346 e. The smallest absolute Gasteiger partial charge is 0.244 e. The quantitative estimate of drug-likeness (QED) is 0.750. The molecule has 6 heteroatoms. The van der Waals surface area contributed by atoms with Crippen molar-refractivity contribution in [1.29, 1.82) is 0 Å². The van der Waals surface area contributed by atoms with E-state index in [9.17, 15) is 8.42 Å². The Labute approximate surface area is 129 Å². The number of nitrogens with one attached hydrogen (secondary N) is 1. The van der Waals surface area contributed by atoms with Gasteiger partial charge in [-0.3, -0.25) is 0 Å². The summed E-state index contributed by atoms with van der Waals surface area (Å²) in [5.41, 5.74) is 1.01. The molecule has 1 aromatic rings. The third kappa shape index (κ3) is 4.31. The second-order valence-corrected chi connectivity index (χ2v) is 7.96. The summed E-state index contributed by atoms with van der Waals surface area (Å²) in [7, 11) is -1.79. The highest BCUT2D eigenvalue weighted by molar-refractivity contribution is 7.89. The molecule has 0 atom stereocenters. The summed E-state index contributed by atoms with van der Waals surface area (Å²) in [5.74, 6) is 0. The van der Waals surface area contributed by atoms with E-state index >= 15 is 0 Å². The Morgan fingerprint density at radius 3 is 2.38 bits per heavy atom. The number of hydrogen-bond donors (Lipinski definition) is 1. The first-order chi connectivity index (χ1) is 9.71. The molecular formula is C15H29N3O2S. The number of hydrogen-bond acceptors (Lipinski definition) is 3. The van der Waals surface area contributed by atoms with Crippen molar-refractivity contribution < 1.29 is 8.42 Å². The summed E-state index contributed by atoms with van der Waals surface area (Å²) in [6.07, 6.45) is 2.81. The van der Waals surface area contributed by atoms with Gasteiger partial charge in [-0.1, -0.05) is 6.92 Å². The van der Waals surface area contributed by atoms with Gasteiger partial charge in [-0.25, -0.2) is 8.42 Å². The summed E-state index contributed by atoms with van der Waals surface area (Å²) >= 11 is 0. The number of rotatable bonds is 8. The highest BCUT2D eigenvalue weighted by atomic mass is 32.2. The van der Waals surface area contributed by atoms with Crippen LogP contribution in [0, 0.1) is 0 Å². The lowest BCUT2D eigenvalue weighted by atomic mass is 10.3. The van der Waals surface area contributed by atoms with Gasteiger partial charge in [0.2, 0.25) is 10.0 Å². The molecule has 0 aromatic carbocycles. The molecule has 0 aliphatic heterocycles.